The Morgan fingerprint density at radius 2 is 0.875 bits per heavy atom. The van der Waals surface area contributed by atoms with Crippen LogP contribution in [0.5, 0.6) is 0 Å². The van der Waals surface area contributed by atoms with Crippen LogP contribution in [0.1, 0.15) is 0 Å². The molecule has 0 amide bonds. The van der Waals surface area contributed by atoms with Crippen LogP contribution in [-0.4, -0.2) is 0 Å². The van der Waals surface area contributed by atoms with Crippen LogP contribution in [0.2, 0.25) is 0 Å². The minimum Gasteiger partial charge on any atom is -0.455 e. The van der Waals surface area contributed by atoms with Crippen molar-refractivity contribution in [3.63, 3.8) is 0 Å². The minimum atomic E-state index is 0.861. The van der Waals surface area contributed by atoms with Crippen molar-refractivity contribution in [1.82, 2.24) is 0 Å². The highest BCUT2D eigenvalue weighted by atomic mass is 16.3. The maximum atomic E-state index is 6.75. The van der Waals surface area contributed by atoms with Gasteiger partial charge in [-0.15, -0.1) is 0 Å². The third kappa shape index (κ3) is 5.26. The Morgan fingerprint density at radius 3 is 1.68 bits per heavy atom. The summed E-state index contributed by atoms with van der Waals surface area (Å²) in [5.41, 5.74) is 12.1. The zero-order valence-corrected chi connectivity index (χ0v) is 30.6. The van der Waals surface area contributed by atoms with E-state index in [1.54, 1.807) is 0 Å². The molecule has 0 atom stereocenters. The van der Waals surface area contributed by atoms with Crippen molar-refractivity contribution in [2.75, 3.05) is 4.90 Å². The van der Waals surface area contributed by atoms with Gasteiger partial charge in [0.15, 0.2) is 0 Å². The highest BCUT2D eigenvalue weighted by Crippen LogP contribution is 2.47. The molecule has 0 radical (unpaired) electrons. The number of anilines is 3. The lowest BCUT2D eigenvalue weighted by Crippen LogP contribution is -2.11. The Hall–Kier alpha value is -7.42. The smallest absolute Gasteiger partial charge is 0.143 e. The normalized spacial score (nSPS) is 11.6. The van der Waals surface area contributed by atoms with Crippen LogP contribution in [0, 0.1) is 0 Å². The van der Waals surface area contributed by atoms with E-state index >= 15 is 0 Å². The van der Waals surface area contributed by atoms with Gasteiger partial charge in [0.25, 0.3) is 0 Å². The van der Waals surface area contributed by atoms with Gasteiger partial charge in [0.2, 0.25) is 0 Å². The highest BCUT2D eigenvalue weighted by molar-refractivity contribution is 6.16. The van der Waals surface area contributed by atoms with Crippen molar-refractivity contribution in [2.24, 2.45) is 0 Å². The molecule has 1 aromatic heterocycles. The summed E-state index contributed by atoms with van der Waals surface area (Å²) in [6, 6.07) is 76.5. The molecular weight excluding hydrogens is 679 g/mol. The lowest BCUT2D eigenvalue weighted by atomic mass is 9.88. The fourth-order valence-corrected chi connectivity index (χ4v) is 8.62. The van der Waals surface area contributed by atoms with Crippen molar-refractivity contribution in [3.05, 3.63) is 212 Å². The van der Waals surface area contributed by atoms with Crippen LogP contribution >= 0.6 is 0 Å². The number of benzene rings is 10. The molecule has 2 heteroatoms. The average molecular weight is 714 g/mol. The van der Waals surface area contributed by atoms with Crippen LogP contribution in [0.25, 0.3) is 87.6 Å². The van der Waals surface area contributed by atoms with Crippen LogP contribution in [0.3, 0.4) is 0 Å². The second-order valence-corrected chi connectivity index (χ2v) is 14.4. The van der Waals surface area contributed by atoms with Gasteiger partial charge in [-0.25, -0.2) is 0 Å². The Bertz CT molecular complexity index is 3250. The van der Waals surface area contributed by atoms with Gasteiger partial charge in [0, 0.05) is 39.2 Å². The van der Waals surface area contributed by atoms with Gasteiger partial charge in [-0.05, 0) is 97.2 Å². The number of hydrogen-bond acceptors (Lipinski definition) is 2. The van der Waals surface area contributed by atoms with E-state index in [2.05, 4.69) is 217 Å². The lowest BCUT2D eigenvalue weighted by molar-refractivity contribution is 0.672. The van der Waals surface area contributed by atoms with E-state index in [0.29, 0.717) is 0 Å². The van der Waals surface area contributed by atoms with Crippen molar-refractivity contribution in [2.45, 2.75) is 0 Å². The zero-order chi connectivity index (χ0) is 37.0. The maximum absolute atomic E-state index is 6.75. The molecule has 11 rings (SSSR count). The third-order valence-corrected chi connectivity index (χ3v) is 11.3. The first-order chi connectivity index (χ1) is 27.8. The molecule has 0 bridgehead atoms. The summed E-state index contributed by atoms with van der Waals surface area (Å²) in [7, 11) is 0. The predicted molar refractivity (Wildman–Crippen MR) is 237 cm³/mol. The van der Waals surface area contributed by atoms with Crippen LogP contribution < -0.4 is 4.90 Å². The van der Waals surface area contributed by atoms with E-state index < -0.39 is 0 Å². The largest absolute Gasteiger partial charge is 0.455 e. The minimum absolute atomic E-state index is 0.861. The monoisotopic (exact) mass is 713 g/mol. The fraction of sp³-hybridized carbons (Fsp3) is 0. The summed E-state index contributed by atoms with van der Waals surface area (Å²) in [4.78, 5) is 2.38. The van der Waals surface area contributed by atoms with Crippen LogP contribution in [0.15, 0.2) is 217 Å². The first-order valence-corrected chi connectivity index (χ1v) is 19.2. The van der Waals surface area contributed by atoms with Gasteiger partial charge in [0.1, 0.15) is 11.2 Å². The average Bonchev–Trinajstić information content (AvgIpc) is 3.66. The summed E-state index contributed by atoms with van der Waals surface area (Å²) < 4.78 is 6.75. The number of rotatable bonds is 6. The molecule has 11 aromatic rings. The molecule has 0 saturated heterocycles. The first-order valence-electron chi connectivity index (χ1n) is 19.2. The van der Waals surface area contributed by atoms with Gasteiger partial charge in [0.05, 0.1) is 5.69 Å². The zero-order valence-electron chi connectivity index (χ0n) is 30.6. The lowest BCUT2D eigenvalue weighted by Gasteiger charge is -2.28. The van der Waals surface area contributed by atoms with Gasteiger partial charge in [-0.1, -0.05) is 164 Å². The quantitative estimate of drug-likeness (QED) is 0.160. The number of para-hydroxylation sites is 1. The number of fused-ring (bicyclic) bond motifs is 8. The molecule has 56 heavy (non-hydrogen) atoms. The molecule has 0 aliphatic heterocycles. The topological polar surface area (TPSA) is 16.4 Å². The molecule has 10 aromatic carbocycles. The van der Waals surface area contributed by atoms with Crippen molar-refractivity contribution in [1.29, 1.82) is 0 Å². The summed E-state index contributed by atoms with van der Waals surface area (Å²) in [5.74, 6) is 0. The van der Waals surface area contributed by atoms with E-state index in [-0.39, 0.29) is 0 Å². The molecule has 0 N–H and O–H groups in total. The van der Waals surface area contributed by atoms with Gasteiger partial charge in [-0.2, -0.15) is 0 Å². The Balaban J connectivity index is 1.13. The van der Waals surface area contributed by atoms with Crippen molar-refractivity contribution < 1.29 is 4.42 Å². The molecule has 0 aliphatic carbocycles. The molecule has 1 heterocycles. The molecule has 0 spiro atoms. The molecule has 0 unspecified atom stereocenters. The molecular formula is C54H35NO. The standard InChI is InChI=1S/C54H35NO/c1-2-14-36(15-3-1)37-26-29-40(30-27-37)55(41-31-33-49-50-32-28-38-16-4-7-19-43(38)54(50)56-53(49)35-41)52-25-13-12-24-48(52)45-21-9-11-23-47(45)51-34-39-17-5-6-18-42(39)44-20-8-10-22-46(44)51/h1-35H. The number of nitrogens with zero attached hydrogens (tertiary/aromatic N) is 1. The second kappa shape index (κ2) is 13.2. The summed E-state index contributed by atoms with van der Waals surface area (Å²) in [6.07, 6.45) is 0. The number of furan rings is 1. The molecule has 0 fully saturated rings. The van der Waals surface area contributed by atoms with Crippen LogP contribution in [-0.2, 0) is 0 Å². The molecule has 262 valence electrons. The van der Waals surface area contributed by atoms with Crippen LogP contribution in [0.4, 0.5) is 17.1 Å². The third-order valence-electron chi connectivity index (χ3n) is 11.3. The van der Waals surface area contributed by atoms with Gasteiger partial charge in [-0.3, -0.25) is 0 Å². The van der Waals surface area contributed by atoms with Crippen molar-refractivity contribution in [3.8, 4) is 33.4 Å². The van der Waals surface area contributed by atoms with E-state index in [4.69, 9.17) is 4.42 Å². The number of hydrogen-bond donors (Lipinski definition) is 0. The summed E-state index contributed by atoms with van der Waals surface area (Å²) >= 11 is 0. The predicted octanol–water partition coefficient (Wildman–Crippen LogP) is 15.5. The Morgan fingerprint density at radius 1 is 0.304 bits per heavy atom. The van der Waals surface area contributed by atoms with Gasteiger partial charge >= 0.3 is 0 Å². The molecule has 2 nitrogen and oxygen atoms in total. The Kier molecular flexibility index (Phi) is 7.53. The summed E-state index contributed by atoms with van der Waals surface area (Å²) in [6.45, 7) is 0. The second-order valence-electron chi connectivity index (χ2n) is 14.4. The highest BCUT2D eigenvalue weighted by Gasteiger charge is 2.22. The van der Waals surface area contributed by atoms with E-state index in [1.807, 2.05) is 0 Å². The van der Waals surface area contributed by atoms with Crippen molar-refractivity contribution >= 4 is 71.3 Å². The SMILES string of the molecule is c1ccc(-c2ccc(N(c3ccc4c(c3)oc3c5ccccc5ccc43)c3ccccc3-c3ccccc3-c3cc4ccccc4c4ccccc34)cc2)cc1. The summed E-state index contributed by atoms with van der Waals surface area (Å²) in [5, 5.41) is 9.53. The van der Waals surface area contributed by atoms with E-state index in [1.165, 1.54) is 54.7 Å². The van der Waals surface area contributed by atoms with Gasteiger partial charge < -0.3 is 9.32 Å². The maximum Gasteiger partial charge on any atom is 0.143 e. The Labute approximate surface area is 325 Å². The fourth-order valence-electron chi connectivity index (χ4n) is 8.62. The van der Waals surface area contributed by atoms with E-state index in [9.17, 15) is 0 Å². The molecule has 0 saturated carbocycles. The van der Waals surface area contributed by atoms with E-state index in [0.717, 1.165) is 50.0 Å². The first kappa shape index (κ1) is 32.0. The molecule has 0 aliphatic rings.